The number of anilines is 1. The second-order valence-electron chi connectivity index (χ2n) is 4.17. The second kappa shape index (κ2) is 6.23. The number of hydrogen-bond acceptors (Lipinski definition) is 5. The summed E-state index contributed by atoms with van der Waals surface area (Å²) in [6.45, 7) is 2.11. The van der Waals surface area contributed by atoms with Gasteiger partial charge in [-0.2, -0.15) is 0 Å². The molecule has 1 aromatic carbocycles. The molecule has 21 heavy (non-hydrogen) atoms. The number of nitrogens with zero attached hydrogens (tertiary/aromatic N) is 1. The van der Waals surface area contributed by atoms with E-state index in [-0.39, 0.29) is 17.8 Å². The van der Waals surface area contributed by atoms with E-state index in [0.717, 1.165) is 10.7 Å². The average Bonchev–Trinajstić information content (AvgIpc) is 2.84. The molecule has 4 N–H and O–H groups in total. The van der Waals surface area contributed by atoms with Crippen LogP contribution in [0.2, 0.25) is 0 Å². The van der Waals surface area contributed by atoms with Gasteiger partial charge in [-0.1, -0.05) is 6.07 Å². The van der Waals surface area contributed by atoms with E-state index in [9.17, 15) is 14.7 Å². The van der Waals surface area contributed by atoms with Crippen molar-refractivity contribution in [2.24, 2.45) is 0 Å². The summed E-state index contributed by atoms with van der Waals surface area (Å²) in [7, 11) is 0. The van der Waals surface area contributed by atoms with Crippen molar-refractivity contribution >= 4 is 29.0 Å². The molecule has 0 aliphatic heterocycles. The van der Waals surface area contributed by atoms with Crippen molar-refractivity contribution in [2.45, 2.75) is 13.5 Å². The van der Waals surface area contributed by atoms with Crippen LogP contribution < -0.4 is 10.6 Å². The van der Waals surface area contributed by atoms with E-state index in [1.807, 2.05) is 12.3 Å². The Bertz CT molecular complexity index is 684. The molecule has 2 rings (SSSR count). The maximum absolute atomic E-state index is 11.7. The molecule has 0 bridgehead atoms. The number of aryl methyl sites for hydroxylation is 1. The van der Waals surface area contributed by atoms with E-state index >= 15 is 0 Å². The lowest BCUT2D eigenvalue weighted by Crippen LogP contribution is -2.28. The predicted octanol–water partition coefficient (Wildman–Crippen LogP) is 2.18. The molecule has 0 spiro atoms. The first kappa shape index (κ1) is 14.8. The van der Waals surface area contributed by atoms with Gasteiger partial charge in [-0.3, -0.25) is 0 Å². The fourth-order valence-corrected chi connectivity index (χ4v) is 2.26. The van der Waals surface area contributed by atoms with Gasteiger partial charge in [0.05, 0.1) is 22.9 Å². The molecule has 0 unspecified atom stereocenters. The number of rotatable bonds is 4. The van der Waals surface area contributed by atoms with E-state index in [4.69, 9.17) is 5.11 Å². The number of carboxylic acid groups (broad SMARTS) is 1. The zero-order valence-corrected chi connectivity index (χ0v) is 11.9. The first-order chi connectivity index (χ1) is 9.97. The number of hydrogen-bond donors (Lipinski definition) is 4. The van der Waals surface area contributed by atoms with Crippen molar-refractivity contribution in [3.63, 3.8) is 0 Å². The number of carbonyl (C=O) groups excluding carboxylic acids is 1. The van der Waals surface area contributed by atoms with Crippen LogP contribution in [-0.4, -0.2) is 27.2 Å². The predicted molar refractivity (Wildman–Crippen MR) is 77.8 cm³/mol. The van der Waals surface area contributed by atoms with E-state index in [1.165, 1.54) is 29.5 Å². The minimum atomic E-state index is -1.27. The van der Waals surface area contributed by atoms with Gasteiger partial charge in [0.2, 0.25) is 0 Å². The first-order valence-corrected chi connectivity index (χ1v) is 6.86. The molecule has 0 saturated heterocycles. The van der Waals surface area contributed by atoms with Crippen molar-refractivity contribution in [3.05, 3.63) is 39.8 Å². The molecule has 0 aliphatic carbocycles. The number of phenols is 1. The number of thiazole rings is 1. The van der Waals surface area contributed by atoms with Gasteiger partial charge in [0.15, 0.2) is 5.75 Å². The summed E-state index contributed by atoms with van der Waals surface area (Å²) in [4.78, 5) is 26.8. The summed E-state index contributed by atoms with van der Waals surface area (Å²) >= 11 is 1.48. The van der Waals surface area contributed by atoms with Gasteiger partial charge in [-0.15, -0.1) is 11.3 Å². The molecule has 0 fully saturated rings. The molecule has 1 aromatic heterocycles. The molecular weight excluding hydrogens is 294 g/mol. The van der Waals surface area contributed by atoms with Gasteiger partial charge in [-0.25, -0.2) is 14.6 Å². The molecular formula is C13H13N3O4S. The smallest absolute Gasteiger partial charge is 0.339 e. The number of aromatic carboxylic acids is 1. The Hall–Kier alpha value is -2.61. The molecule has 0 radical (unpaired) electrons. The van der Waals surface area contributed by atoms with Crippen LogP contribution in [0.3, 0.4) is 0 Å². The Morgan fingerprint density at radius 2 is 2.14 bits per heavy atom. The highest BCUT2D eigenvalue weighted by Crippen LogP contribution is 2.27. The summed E-state index contributed by atoms with van der Waals surface area (Å²) in [5.74, 6) is -1.75. The van der Waals surface area contributed by atoms with Crippen LogP contribution in [0, 0.1) is 6.92 Å². The van der Waals surface area contributed by atoms with Crippen LogP contribution in [0.25, 0.3) is 0 Å². The number of carboxylic acids is 1. The summed E-state index contributed by atoms with van der Waals surface area (Å²) in [5, 5.41) is 26.3. The van der Waals surface area contributed by atoms with Gasteiger partial charge in [0.1, 0.15) is 5.56 Å². The van der Waals surface area contributed by atoms with E-state index in [2.05, 4.69) is 15.6 Å². The standard InChI is InChI=1S/C13H13N3O4S/c1-7-15-8(6-21-7)5-14-13(20)16-10-4-2-3-9(11(10)17)12(18)19/h2-4,6,17H,5H2,1H3,(H,18,19)(H2,14,16,20). The molecule has 110 valence electrons. The number of aromatic nitrogens is 1. The molecule has 7 nitrogen and oxygen atoms in total. The third kappa shape index (κ3) is 3.69. The lowest BCUT2D eigenvalue weighted by atomic mass is 10.2. The minimum Gasteiger partial charge on any atom is -0.505 e. The number of carbonyl (C=O) groups is 2. The molecule has 0 saturated carbocycles. The highest BCUT2D eigenvalue weighted by atomic mass is 32.1. The van der Waals surface area contributed by atoms with Crippen molar-refractivity contribution < 1.29 is 19.8 Å². The van der Waals surface area contributed by atoms with Gasteiger partial charge < -0.3 is 20.8 Å². The largest absolute Gasteiger partial charge is 0.505 e. The number of amides is 2. The Morgan fingerprint density at radius 1 is 1.38 bits per heavy atom. The van der Waals surface area contributed by atoms with Crippen LogP contribution in [0.5, 0.6) is 5.75 Å². The zero-order valence-electron chi connectivity index (χ0n) is 11.1. The van der Waals surface area contributed by atoms with Crippen LogP contribution in [0.15, 0.2) is 23.6 Å². The van der Waals surface area contributed by atoms with Crippen LogP contribution in [0.4, 0.5) is 10.5 Å². The number of nitrogens with one attached hydrogen (secondary N) is 2. The third-order valence-electron chi connectivity index (χ3n) is 2.61. The Balaban J connectivity index is 1.99. The SMILES string of the molecule is Cc1nc(CNC(=O)Nc2cccc(C(=O)O)c2O)cs1. The van der Waals surface area contributed by atoms with Crippen molar-refractivity contribution in [1.29, 1.82) is 0 Å². The third-order valence-corrected chi connectivity index (χ3v) is 3.43. The molecule has 1 heterocycles. The first-order valence-electron chi connectivity index (χ1n) is 5.98. The molecule has 2 amide bonds. The van der Waals surface area contributed by atoms with E-state index < -0.39 is 17.7 Å². The Kier molecular flexibility index (Phi) is 4.39. The van der Waals surface area contributed by atoms with Gasteiger partial charge >= 0.3 is 12.0 Å². The number of urea groups is 1. The number of aromatic hydroxyl groups is 1. The van der Waals surface area contributed by atoms with Crippen molar-refractivity contribution in [1.82, 2.24) is 10.3 Å². The van der Waals surface area contributed by atoms with Gasteiger partial charge in [-0.05, 0) is 19.1 Å². The minimum absolute atomic E-state index is 0.0295. The number of benzene rings is 1. The maximum Gasteiger partial charge on any atom is 0.339 e. The fraction of sp³-hybridized carbons (Fsp3) is 0.154. The average molecular weight is 307 g/mol. The topological polar surface area (TPSA) is 112 Å². The summed E-state index contributed by atoms with van der Waals surface area (Å²) in [5.41, 5.74) is 0.487. The summed E-state index contributed by atoms with van der Waals surface area (Å²) in [6.07, 6.45) is 0. The van der Waals surface area contributed by atoms with Crippen LogP contribution in [-0.2, 0) is 6.54 Å². The van der Waals surface area contributed by atoms with Crippen LogP contribution in [0.1, 0.15) is 21.1 Å². The lowest BCUT2D eigenvalue weighted by Gasteiger charge is -2.09. The molecule has 2 aromatic rings. The molecule has 0 atom stereocenters. The fourth-order valence-electron chi connectivity index (χ4n) is 1.64. The van der Waals surface area contributed by atoms with Crippen LogP contribution >= 0.6 is 11.3 Å². The highest BCUT2D eigenvalue weighted by Gasteiger charge is 2.14. The Morgan fingerprint density at radius 3 is 2.76 bits per heavy atom. The summed E-state index contributed by atoms with van der Waals surface area (Å²) < 4.78 is 0. The lowest BCUT2D eigenvalue weighted by molar-refractivity contribution is 0.0693. The van der Waals surface area contributed by atoms with Crippen molar-refractivity contribution in [3.8, 4) is 5.75 Å². The van der Waals surface area contributed by atoms with Gasteiger partial charge in [0, 0.05) is 5.38 Å². The van der Waals surface area contributed by atoms with E-state index in [1.54, 1.807) is 0 Å². The maximum atomic E-state index is 11.7. The zero-order chi connectivity index (χ0) is 15.4. The second-order valence-corrected chi connectivity index (χ2v) is 5.23. The highest BCUT2D eigenvalue weighted by molar-refractivity contribution is 7.09. The summed E-state index contributed by atoms with van der Waals surface area (Å²) in [6, 6.07) is 3.54. The number of para-hydroxylation sites is 1. The Labute approximate surface area is 124 Å². The molecule has 0 aliphatic rings. The molecule has 8 heteroatoms. The quantitative estimate of drug-likeness (QED) is 0.647. The normalized spacial score (nSPS) is 10.1. The van der Waals surface area contributed by atoms with Crippen molar-refractivity contribution in [2.75, 3.05) is 5.32 Å². The van der Waals surface area contributed by atoms with Gasteiger partial charge in [0.25, 0.3) is 0 Å². The van der Waals surface area contributed by atoms with E-state index in [0.29, 0.717) is 0 Å². The monoisotopic (exact) mass is 307 g/mol.